The van der Waals surface area contributed by atoms with E-state index in [2.05, 4.69) is 18.5 Å². The lowest BCUT2D eigenvalue weighted by atomic mass is 9.97. The molecule has 10 heavy (non-hydrogen) atoms. The quantitative estimate of drug-likeness (QED) is 0.658. The Morgan fingerprint density at radius 2 is 2.40 bits per heavy atom. The Bertz CT molecular complexity index is 89.3. The Hall–Kier alpha value is 0.310. The molecule has 1 heterocycles. The molecule has 2 unspecified atom stereocenters. The average molecular weight is 159 g/mol. The molecule has 0 saturated carbocycles. The van der Waals surface area contributed by atoms with Gasteiger partial charge in [0.15, 0.2) is 0 Å². The molecule has 1 N–H and O–H groups in total. The summed E-state index contributed by atoms with van der Waals surface area (Å²) < 4.78 is 0. The standard InChI is InChI=1S/C8H17NS/c1-7(10-2)8-4-3-5-9-6-8/h7-9H,3-6H2,1-2H3. The third-order valence-electron chi connectivity index (χ3n) is 2.37. The van der Waals surface area contributed by atoms with E-state index in [1.165, 1.54) is 25.9 Å². The van der Waals surface area contributed by atoms with Crippen molar-refractivity contribution in [1.29, 1.82) is 0 Å². The van der Waals surface area contributed by atoms with Crippen LogP contribution in [-0.2, 0) is 0 Å². The van der Waals surface area contributed by atoms with Crippen LogP contribution in [0.4, 0.5) is 0 Å². The summed E-state index contributed by atoms with van der Waals surface area (Å²) in [5, 5.41) is 4.28. The van der Waals surface area contributed by atoms with E-state index in [4.69, 9.17) is 0 Å². The first kappa shape index (κ1) is 8.41. The molecular weight excluding hydrogens is 142 g/mol. The predicted molar refractivity (Wildman–Crippen MR) is 48.6 cm³/mol. The summed E-state index contributed by atoms with van der Waals surface area (Å²) in [4.78, 5) is 0. The van der Waals surface area contributed by atoms with Crippen molar-refractivity contribution in [2.45, 2.75) is 25.0 Å². The van der Waals surface area contributed by atoms with Crippen molar-refractivity contribution in [3.05, 3.63) is 0 Å². The van der Waals surface area contributed by atoms with Gasteiger partial charge >= 0.3 is 0 Å². The van der Waals surface area contributed by atoms with Crippen LogP contribution in [0.2, 0.25) is 0 Å². The van der Waals surface area contributed by atoms with Crippen molar-refractivity contribution < 1.29 is 0 Å². The van der Waals surface area contributed by atoms with Crippen LogP contribution < -0.4 is 5.32 Å². The molecule has 0 aliphatic carbocycles. The first-order valence-electron chi connectivity index (χ1n) is 4.08. The van der Waals surface area contributed by atoms with E-state index in [1.54, 1.807) is 0 Å². The second-order valence-corrected chi connectivity index (χ2v) is 4.26. The van der Waals surface area contributed by atoms with Crippen LogP contribution in [0.5, 0.6) is 0 Å². The summed E-state index contributed by atoms with van der Waals surface area (Å²) in [5.74, 6) is 0.920. The molecule has 0 amide bonds. The molecule has 0 bridgehead atoms. The molecule has 1 rings (SSSR count). The summed E-state index contributed by atoms with van der Waals surface area (Å²) >= 11 is 1.99. The fourth-order valence-corrected chi connectivity index (χ4v) is 2.09. The van der Waals surface area contributed by atoms with E-state index in [9.17, 15) is 0 Å². The largest absolute Gasteiger partial charge is 0.316 e. The van der Waals surface area contributed by atoms with Crippen molar-refractivity contribution in [3.8, 4) is 0 Å². The highest BCUT2D eigenvalue weighted by Gasteiger charge is 2.18. The second-order valence-electron chi connectivity index (χ2n) is 3.05. The number of piperidine rings is 1. The number of nitrogens with one attached hydrogen (secondary N) is 1. The summed E-state index contributed by atoms with van der Waals surface area (Å²) in [6, 6.07) is 0. The highest BCUT2D eigenvalue weighted by atomic mass is 32.2. The maximum atomic E-state index is 3.44. The van der Waals surface area contributed by atoms with E-state index in [1.807, 2.05) is 11.8 Å². The molecular formula is C8H17NS. The first-order chi connectivity index (χ1) is 4.84. The summed E-state index contributed by atoms with van der Waals surface area (Å²) in [6.07, 6.45) is 5.00. The fraction of sp³-hybridized carbons (Fsp3) is 1.00. The van der Waals surface area contributed by atoms with E-state index < -0.39 is 0 Å². The highest BCUT2D eigenvalue weighted by molar-refractivity contribution is 7.99. The Labute approximate surface area is 68.0 Å². The van der Waals surface area contributed by atoms with E-state index >= 15 is 0 Å². The zero-order valence-electron chi connectivity index (χ0n) is 6.89. The van der Waals surface area contributed by atoms with Crippen molar-refractivity contribution in [2.75, 3.05) is 19.3 Å². The molecule has 0 spiro atoms. The van der Waals surface area contributed by atoms with Crippen LogP contribution in [0.15, 0.2) is 0 Å². The number of rotatable bonds is 2. The van der Waals surface area contributed by atoms with Gasteiger partial charge < -0.3 is 5.32 Å². The minimum atomic E-state index is 0.841. The van der Waals surface area contributed by atoms with Crippen molar-refractivity contribution in [1.82, 2.24) is 5.32 Å². The van der Waals surface area contributed by atoms with Gasteiger partial charge in [-0.3, -0.25) is 0 Å². The molecule has 1 aliphatic rings. The number of hydrogen-bond acceptors (Lipinski definition) is 2. The normalized spacial score (nSPS) is 30.0. The first-order valence-corrected chi connectivity index (χ1v) is 5.37. The van der Waals surface area contributed by atoms with Gasteiger partial charge in [-0.25, -0.2) is 0 Å². The summed E-state index contributed by atoms with van der Waals surface area (Å²) in [5.41, 5.74) is 0. The van der Waals surface area contributed by atoms with Crippen LogP contribution in [0, 0.1) is 5.92 Å². The number of thioether (sulfide) groups is 1. The zero-order valence-corrected chi connectivity index (χ0v) is 7.71. The molecule has 1 aliphatic heterocycles. The smallest absolute Gasteiger partial charge is 0.00563 e. The van der Waals surface area contributed by atoms with Crippen LogP contribution in [0.1, 0.15) is 19.8 Å². The van der Waals surface area contributed by atoms with Crippen LogP contribution >= 0.6 is 11.8 Å². The van der Waals surface area contributed by atoms with Crippen LogP contribution in [0.25, 0.3) is 0 Å². The minimum absolute atomic E-state index is 0.841. The molecule has 1 saturated heterocycles. The van der Waals surface area contributed by atoms with E-state index in [0.717, 1.165) is 11.2 Å². The lowest BCUT2D eigenvalue weighted by Crippen LogP contribution is -2.34. The fourth-order valence-electron chi connectivity index (χ4n) is 1.47. The van der Waals surface area contributed by atoms with E-state index in [0.29, 0.717) is 0 Å². The predicted octanol–water partition coefficient (Wildman–Crippen LogP) is 1.74. The lowest BCUT2D eigenvalue weighted by Gasteiger charge is -2.26. The molecule has 0 aromatic rings. The molecule has 0 radical (unpaired) electrons. The maximum absolute atomic E-state index is 3.44. The van der Waals surface area contributed by atoms with Gasteiger partial charge in [0.2, 0.25) is 0 Å². The zero-order chi connectivity index (χ0) is 7.40. The van der Waals surface area contributed by atoms with Crippen molar-refractivity contribution in [3.63, 3.8) is 0 Å². The third-order valence-corrected chi connectivity index (χ3v) is 3.50. The third kappa shape index (κ3) is 2.17. The molecule has 60 valence electrons. The molecule has 0 aromatic heterocycles. The van der Waals surface area contributed by atoms with Gasteiger partial charge in [-0.2, -0.15) is 11.8 Å². The lowest BCUT2D eigenvalue weighted by molar-refractivity contribution is 0.376. The highest BCUT2D eigenvalue weighted by Crippen LogP contribution is 2.22. The van der Waals surface area contributed by atoms with Gasteiger partial charge in [0, 0.05) is 5.25 Å². The SMILES string of the molecule is CSC(C)C1CCCNC1. The molecule has 1 nitrogen and oxygen atoms in total. The minimum Gasteiger partial charge on any atom is -0.316 e. The monoisotopic (exact) mass is 159 g/mol. The van der Waals surface area contributed by atoms with Gasteiger partial charge in [-0.05, 0) is 38.1 Å². The van der Waals surface area contributed by atoms with Crippen molar-refractivity contribution in [2.24, 2.45) is 5.92 Å². The van der Waals surface area contributed by atoms with E-state index in [-0.39, 0.29) is 0 Å². The van der Waals surface area contributed by atoms with Gasteiger partial charge in [-0.1, -0.05) is 6.92 Å². The summed E-state index contributed by atoms with van der Waals surface area (Å²) in [7, 11) is 0. The molecule has 1 fully saturated rings. The molecule has 2 heteroatoms. The Kier molecular flexibility index (Phi) is 3.57. The van der Waals surface area contributed by atoms with Gasteiger partial charge in [0.1, 0.15) is 0 Å². The van der Waals surface area contributed by atoms with Crippen LogP contribution in [0.3, 0.4) is 0 Å². The maximum Gasteiger partial charge on any atom is 0.00563 e. The Morgan fingerprint density at radius 3 is 2.90 bits per heavy atom. The Balaban J connectivity index is 2.24. The second kappa shape index (κ2) is 4.24. The Morgan fingerprint density at radius 1 is 1.60 bits per heavy atom. The average Bonchev–Trinajstić information content (AvgIpc) is 2.05. The van der Waals surface area contributed by atoms with Gasteiger partial charge in [-0.15, -0.1) is 0 Å². The molecule has 0 aromatic carbocycles. The van der Waals surface area contributed by atoms with Crippen molar-refractivity contribution >= 4 is 11.8 Å². The topological polar surface area (TPSA) is 12.0 Å². The van der Waals surface area contributed by atoms with Gasteiger partial charge in [0.25, 0.3) is 0 Å². The summed E-state index contributed by atoms with van der Waals surface area (Å²) in [6.45, 7) is 4.81. The molecule has 2 atom stereocenters. The van der Waals surface area contributed by atoms with Crippen LogP contribution in [-0.4, -0.2) is 24.6 Å². The van der Waals surface area contributed by atoms with Gasteiger partial charge in [0.05, 0.1) is 0 Å². The number of hydrogen-bond donors (Lipinski definition) is 1.